The Labute approximate surface area is 109 Å². The molecule has 1 aromatic rings. The number of rotatable bonds is 1. The molecule has 3 atom stereocenters. The summed E-state index contributed by atoms with van der Waals surface area (Å²) < 4.78 is 7.82. The number of aromatic nitrogens is 2. The van der Waals surface area contributed by atoms with Gasteiger partial charge in [0, 0.05) is 25.0 Å². The maximum Gasteiger partial charge on any atom is 0.127 e. The highest BCUT2D eigenvalue weighted by Crippen LogP contribution is 2.36. The zero-order chi connectivity index (χ0) is 12.7. The van der Waals surface area contributed by atoms with Gasteiger partial charge in [0.2, 0.25) is 0 Å². The molecule has 2 N–H and O–H groups in total. The molecule has 0 saturated carbocycles. The van der Waals surface area contributed by atoms with Crippen molar-refractivity contribution in [2.45, 2.75) is 51.5 Å². The second-order valence-corrected chi connectivity index (χ2v) is 5.98. The Kier molecular flexibility index (Phi) is 3.06. The first-order valence-electron chi connectivity index (χ1n) is 7.11. The average molecular weight is 249 g/mol. The molecule has 100 valence electrons. The van der Waals surface area contributed by atoms with Gasteiger partial charge in [-0.2, -0.15) is 0 Å². The lowest BCUT2D eigenvalue weighted by Crippen LogP contribution is -2.22. The molecule has 3 rings (SSSR count). The molecule has 0 spiro atoms. The number of anilines is 1. The fourth-order valence-electron chi connectivity index (χ4n) is 3.49. The third-order valence-electron chi connectivity index (χ3n) is 4.31. The lowest BCUT2D eigenvalue weighted by Gasteiger charge is -2.27. The number of nitrogen functional groups attached to an aromatic ring is 1. The lowest BCUT2D eigenvalue weighted by molar-refractivity contribution is 0.0796. The molecule has 1 aromatic heterocycles. The smallest absolute Gasteiger partial charge is 0.127 e. The van der Waals surface area contributed by atoms with E-state index in [1.54, 1.807) is 0 Å². The molecule has 0 radical (unpaired) electrons. The van der Waals surface area contributed by atoms with Gasteiger partial charge in [-0.1, -0.05) is 6.92 Å². The summed E-state index contributed by atoms with van der Waals surface area (Å²) in [5.41, 5.74) is 7.42. The minimum atomic E-state index is 0.402. The minimum Gasteiger partial charge on any atom is -0.384 e. The van der Waals surface area contributed by atoms with Gasteiger partial charge in [-0.15, -0.1) is 0 Å². The molecule has 1 fully saturated rings. The van der Waals surface area contributed by atoms with E-state index in [0.29, 0.717) is 17.9 Å². The molecule has 4 nitrogen and oxygen atoms in total. The zero-order valence-corrected chi connectivity index (χ0v) is 11.4. The standard InChI is InChI=1S/C14H23N3O/c1-9-6-10(2)17-12(7-9)16-13(14(17)15)11-4-3-5-18-8-11/h9-11H,3-8,15H2,1-2H3. The van der Waals surface area contributed by atoms with Gasteiger partial charge in [-0.25, -0.2) is 4.98 Å². The molecule has 18 heavy (non-hydrogen) atoms. The van der Waals surface area contributed by atoms with E-state index in [1.807, 2.05) is 0 Å². The van der Waals surface area contributed by atoms with E-state index in [0.717, 1.165) is 44.0 Å². The Morgan fingerprint density at radius 2 is 2.22 bits per heavy atom. The fraction of sp³-hybridized carbons (Fsp3) is 0.786. The van der Waals surface area contributed by atoms with Crippen LogP contribution < -0.4 is 5.73 Å². The molecule has 0 aliphatic carbocycles. The average Bonchev–Trinajstić information content (AvgIpc) is 2.67. The minimum absolute atomic E-state index is 0.402. The van der Waals surface area contributed by atoms with E-state index in [9.17, 15) is 0 Å². The van der Waals surface area contributed by atoms with Gasteiger partial charge in [-0.3, -0.25) is 0 Å². The first kappa shape index (κ1) is 12.0. The first-order valence-corrected chi connectivity index (χ1v) is 7.11. The van der Waals surface area contributed by atoms with Crippen LogP contribution in [0.15, 0.2) is 0 Å². The number of nitrogens with two attached hydrogens (primary N) is 1. The number of fused-ring (bicyclic) bond motifs is 1. The van der Waals surface area contributed by atoms with Crippen LogP contribution in [0.25, 0.3) is 0 Å². The van der Waals surface area contributed by atoms with E-state index in [1.165, 1.54) is 12.2 Å². The Balaban J connectivity index is 1.94. The Morgan fingerprint density at radius 3 is 2.94 bits per heavy atom. The largest absolute Gasteiger partial charge is 0.384 e. The molecular formula is C14H23N3O. The van der Waals surface area contributed by atoms with Crippen LogP contribution >= 0.6 is 0 Å². The van der Waals surface area contributed by atoms with Crippen LogP contribution in [0.1, 0.15) is 56.6 Å². The van der Waals surface area contributed by atoms with Crippen molar-refractivity contribution in [3.05, 3.63) is 11.5 Å². The molecular weight excluding hydrogens is 226 g/mol. The van der Waals surface area contributed by atoms with Crippen molar-refractivity contribution in [1.29, 1.82) is 0 Å². The van der Waals surface area contributed by atoms with E-state index >= 15 is 0 Å². The van der Waals surface area contributed by atoms with Crippen molar-refractivity contribution in [3.8, 4) is 0 Å². The van der Waals surface area contributed by atoms with Crippen LogP contribution in [0.2, 0.25) is 0 Å². The topological polar surface area (TPSA) is 53.1 Å². The van der Waals surface area contributed by atoms with Crippen molar-refractivity contribution < 1.29 is 4.74 Å². The SMILES string of the molecule is CC1Cc2nc(C3CCCOC3)c(N)n2C(C)C1. The summed E-state index contributed by atoms with van der Waals surface area (Å²) in [7, 11) is 0. The van der Waals surface area contributed by atoms with E-state index in [-0.39, 0.29) is 0 Å². The van der Waals surface area contributed by atoms with Crippen LogP contribution in [-0.4, -0.2) is 22.8 Å². The van der Waals surface area contributed by atoms with Gasteiger partial charge in [0.05, 0.1) is 12.3 Å². The fourth-order valence-corrected chi connectivity index (χ4v) is 3.49. The van der Waals surface area contributed by atoms with Gasteiger partial charge in [-0.05, 0) is 32.1 Å². The molecule has 3 unspecified atom stereocenters. The van der Waals surface area contributed by atoms with Gasteiger partial charge >= 0.3 is 0 Å². The van der Waals surface area contributed by atoms with E-state index < -0.39 is 0 Å². The van der Waals surface area contributed by atoms with E-state index in [4.69, 9.17) is 15.5 Å². The highest BCUT2D eigenvalue weighted by Gasteiger charge is 2.29. The number of nitrogens with zero attached hydrogens (tertiary/aromatic N) is 2. The highest BCUT2D eigenvalue weighted by molar-refractivity contribution is 5.42. The third-order valence-corrected chi connectivity index (χ3v) is 4.31. The number of hydrogen-bond acceptors (Lipinski definition) is 3. The van der Waals surface area contributed by atoms with Crippen LogP contribution in [-0.2, 0) is 11.2 Å². The van der Waals surface area contributed by atoms with Crippen molar-refractivity contribution in [1.82, 2.24) is 9.55 Å². The van der Waals surface area contributed by atoms with Crippen LogP contribution in [0.5, 0.6) is 0 Å². The summed E-state index contributed by atoms with van der Waals surface area (Å²) in [6.45, 7) is 6.22. The summed E-state index contributed by atoms with van der Waals surface area (Å²) in [5, 5.41) is 0. The molecule has 1 saturated heterocycles. The van der Waals surface area contributed by atoms with Crippen molar-refractivity contribution in [3.63, 3.8) is 0 Å². The maximum atomic E-state index is 6.34. The second-order valence-electron chi connectivity index (χ2n) is 5.98. The molecule has 3 heterocycles. The summed E-state index contributed by atoms with van der Waals surface area (Å²) in [6.07, 6.45) is 4.54. The van der Waals surface area contributed by atoms with Crippen molar-refractivity contribution in [2.75, 3.05) is 18.9 Å². The van der Waals surface area contributed by atoms with Crippen LogP contribution in [0.3, 0.4) is 0 Å². The summed E-state index contributed by atoms with van der Waals surface area (Å²) in [5.74, 6) is 3.18. The Bertz CT molecular complexity index is 434. The molecule has 4 heteroatoms. The van der Waals surface area contributed by atoms with Crippen molar-refractivity contribution >= 4 is 5.82 Å². The zero-order valence-electron chi connectivity index (χ0n) is 11.4. The second kappa shape index (κ2) is 4.57. The number of hydrogen-bond donors (Lipinski definition) is 1. The first-order chi connectivity index (χ1) is 8.66. The molecule has 2 aliphatic rings. The van der Waals surface area contributed by atoms with Crippen LogP contribution in [0.4, 0.5) is 5.82 Å². The van der Waals surface area contributed by atoms with Gasteiger partial charge in [0.15, 0.2) is 0 Å². The number of imidazole rings is 1. The lowest BCUT2D eigenvalue weighted by atomic mass is 9.95. The molecule has 0 amide bonds. The summed E-state index contributed by atoms with van der Waals surface area (Å²) in [4.78, 5) is 4.83. The Hall–Kier alpha value is -1.03. The van der Waals surface area contributed by atoms with Gasteiger partial charge in [0.1, 0.15) is 11.6 Å². The van der Waals surface area contributed by atoms with Crippen molar-refractivity contribution in [2.24, 2.45) is 5.92 Å². The monoisotopic (exact) mass is 249 g/mol. The summed E-state index contributed by atoms with van der Waals surface area (Å²) >= 11 is 0. The third kappa shape index (κ3) is 1.92. The molecule has 0 bridgehead atoms. The summed E-state index contributed by atoms with van der Waals surface area (Å²) in [6, 6.07) is 0.481. The predicted octanol–water partition coefficient (Wildman–Crippen LogP) is 2.50. The Morgan fingerprint density at radius 1 is 1.39 bits per heavy atom. The number of ether oxygens (including phenoxy) is 1. The van der Waals surface area contributed by atoms with Crippen LogP contribution in [0, 0.1) is 5.92 Å². The highest BCUT2D eigenvalue weighted by atomic mass is 16.5. The molecule has 0 aromatic carbocycles. The maximum absolute atomic E-state index is 6.34. The normalized spacial score (nSPS) is 32.2. The van der Waals surface area contributed by atoms with E-state index in [2.05, 4.69) is 18.4 Å². The van der Waals surface area contributed by atoms with Gasteiger partial charge in [0.25, 0.3) is 0 Å². The quantitative estimate of drug-likeness (QED) is 0.832. The predicted molar refractivity (Wildman–Crippen MR) is 71.6 cm³/mol. The van der Waals surface area contributed by atoms with Gasteiger partial charge < -0.3 is 15.0 Å². The molecule has 2 aliphatic heterocycles.